The summed E-state index contributed by atoms with van der Waals surface area (Å²) in [6.07, 6.45) is -3.11. The van der Waals surface area contributed by atoms with Crippen LogP contribution in [0.25, 0.3) is 0 Å². The molecule has 0 bridgehead atoms. The predicted molar refractivity (Wildman–Crippen MR) is 130 cm³/mol. The number of Topliss-reactive ketones (excluding diaryl/α,β-unsaturated/α-hetero) is 1. The van der Waals surface area contributed by atoms with Crippen LogP contribution in [-0.2, 0) is 38.3 Å². The molecule has 8 nitrogen and oxygen atoms in total. The Bertz CT molecular complexity index is 1210. The highest BCUT2D eigenvalue weighted by Crippen LogP contribution is 2.37. The fourth-order valence-electron chi connectivity index (χ4n) is 4.53. The van der Waals surface area contributed by atoms with Crippen molar-refractivity contribution < 1.29 is 37.1 Å². The Morgan fingerprint density at radius 3 is 2.39 bits per heavy atom. The lowest BCUT2D eigenvalue weighted by atomic mass is 10.0. The summed E-state index contributed by atoms with van der Waals surface area (Å²) >= 11 is 0. The summed E-state index contributed by atoms with van der Waals surface area (Å²) in [6, 6.07) is 9.84. The molecular formula is C27H28F3N3O5. The SMILES string of the molecule is COc1cccc(C(F)(F)F)c1CN1C(=O)CC[C@H]1C(=O)NC(Cc1ccccc1)C(=O)C(=O)NC1CC1. The number of amides is 3. The average Bonchev–Trinajstić information content (AvgIpc) is 3.63. The molecule has 1 unspecified atom stereocenters. The van der Waals surface area contributed by atoms with Crippen molar-refractivity contribution in [2.75, 3.05) is 7.11 Å². The zero-order valence-electron chi connectivity index (χ0n) is 20.7. The van der Waals surface area contributed by atoms with E-state index in [0.717, 1.165) is 23.8 Å². The molecule has 2 fully saturated rings. The first-order valence-corrected chi connectivity index (χ1v) is 12.3. The lowest BCUT2D eigenvalue weighted by Crippen LogP contribution is -2.53. The second-order valence-corrected chi connectivity index (χ2v) is 9.42. The number of methoxy groups -OCH3 is 1. The Kier molecular flexibility index (Phi) is 8.03. The molecule has 1 aliphatic heterocycles. The van der Waals surface area contributed by atoms with Crippen LogP contribution in [0, 0.1) is 0 Å². The molecule has 1 saturated carbocycles. The number of benzene rings is 2. The molecule has 1 heterocycles. The summed E-state index contributed by atoms with van der Waals surface area (Å²) in [4.78, 5) is 52.6. The van der Waals surface area contributed by atoms with Gasteiger partial charge in [0.05, 0.1) is 19.2 Å². The van der Waals surface area contributed by atoms with Crippen molar-refractivity contribution in [2.45, 2.75) is 63.0 Å². The third kappa shape index (κ3) is 6.32. The largest absolute Gasteiger partial charge is 0.496 e. The van der Waals surface area contributed by atoms with E-state index in [2.05, 4.69) is 10.6 Å². The first-order chi connectivity index (χ1) is 18.1. The Morgan fingerprint density at radius 1 is 1.05 bits per heavy atom. The number of hydrogen-bond donors (Lipinski definition) is 2. The van der Waals surface area contributed by atoms with Crippen LogP contribution in [0.2, 0.25) is 0 Å². The lowest BCUT2D eigenvalue weighted by molar-refractivity contribution is -0.142. The number of carbonyl (C=O) groups excluding carboxylic acids is 4. The van der Waals surface area contributed by atoms with Crippen LogP contribution in [0.1, 0.15) is 42.4 Å². The van der Waals surface area contributed by atoms with E-state index in [4.69, 9.17) is 4.74 Å². The van der Waals surface area contributed by atoms with Crippen molar-refractivity contribution in [3.8, 4) is 5.75 Å². The Balaban J connectivity index is 1.56. The number of ether oxygens (including phenoxy) is 1. The van der Waals surface area contributed by atoms with Crippen LogP contribution in [0.15, 0.2) is 48.5 Å². The minimum absolute atomic E-state index is 0.0366. The summed E-state index contributed by atoms with van der Waals surface area (Å²) in [5.41, 5.74) is -0.533. The molecule has 0 spiro atoms. The first kappa shape index (κ1) is 27.2. The highest BCUT2D eigenvalue weighted by molar-refractivity contribution is 6.38. The summed E-state index contributed by atoms with van der Waals surface area (Å²) in [5, 5.41) is 5.21. The zero-order valence-corrected chi connectivity index (χ0v) is 20.7. The van der Waals surface area contributed by atoms with Gasteiger partial charge in [-0.1, -0.05) is 36.4 Å². The van der Waals surface area contributed by atoms with Gasteiger partial charge in [0.2, 0.25) is 17.6 Å². The molecule has 1 saturated heterocycles. The van der Waals surface area contributed by atoms with Gasteiger partial charge in [0.1, 0.15) is 17.8 Å². The van der Waals surface area contributed by atoms with Crippen molar-refractivity contribution in [2.24, 2.45) is 0 Å². The molecule has 2 aliphatic rings. The van der Waals surface area contributed by atoms with Gasteiger partial charge < -0.3 is 20.3 Å². The third-order valence-electron chi connectivity index (χ3n) is 6.67. The van der Waals surface area contributed by atoms with Gasteiger partial charge in [0.25, 0.3) is 5.91 Å². The van der Waals surface area contributed by atoms with Gasteiger partial charge in [-0.3, -0.25) is 19.2 Å². The maximum Gasteiger partial charge on any atom is 0.416 e. The number of alkyl halides is 3. The number of halogens is 3. The molecule has 38 heavy (non-hydrogen) atoms. The number of likely N-dealkylation sites (tertiary alicyclic amines) is 1. The minimum Gasteiger partial charge on any atom is -0.496 e. The zero-order chi connectivity index (χ0) is 27.4. The predicted octanol–water partition coefficient (Wildman–Crippen LogP) is 2.78. The Labute approximate surface area is 217 Å². The van der Waals surface area contributed by atoms with Crippen molar-refractivity contribution in [3.63, 3.8) is 0 Å². The Morgan fingerprint density at radius 2 is 1.76 bits per heavy atom. The third-order valence-corrected chi connectivity index (χ3v) is 6.67. The van der Waals surface area contributed by atoms with Gasteiger partial charge >= 0.3 is 6.18 Å². The van der Waals surface area contributed by atoms with Crippen LogP contribution in [-0.4, -0.2) is 53.6 Å². The van der Waals surface area contributed by atoms with Crippen LogP contribution in [0.4, 0.5) is 13.2 Å². The molecule has 2 N–H and O–H groups in total. The smallest absolute Gasteiger partial charge is 0.416 e. The molecule has 2 aromatic rings. The van der Waals surface area contributed by atoms with Crippen LogP contribution < -0.4 is 15.4 Å². The number of carbonyl (C=O) groups is 4. The van der Waals surface area contributed by atoms with E-state index in [1.807, 2.05) is 0 Å². The van der Waals surface area contributed by atoms with Gasteiger partial charge in [0, 0.05) is 24.4 Å². The molecule has 2 aromatic carbocycles. The average molecular weight is 532 g/mol. The highest BCUT2D eigenvalue weighted by atomic mass is 19.4. The normalized spacial score (nSPS) is 18.2. The minimum atomic E-state index is -4.70. The lowest BCUT2D eigenvalue weighted by Gasteiger charge is -2.28. The Hall–Kier alpha value is -3.89. The van der Waals surface area contributed by atoms with Crippen LogP contribution >= 0.6 is 0 Å². The molecule has 0 aromatic heterocycles. The summed E-state index contributed by atoms with van der Waals surface area (Å²) in [6.45, 7) is -0.505. The van der Waals surface area contributed by atoms with E-state index in [1.165, 1.54) is 19.2 Å². The maximum atomic E-state index is 13.7. The summed E-state index contributed by atoms with van der Waals surface area (Å²) < 4.78 is 46.3. The van der Waals surface area contributed by atoms with Crippen molar-refractivity contribution >= 4 is 23.5 Å². The molecule has 2 atom stereocenters. The van der Waals surface area contributed by atoms with Crippen LogP contribution in [0.3, 0.4) is 0 Å². The summed E-state index contributed by atoms with van der Waals surface area (Å²) in [7, 11) is 1.22. The van der Waals surface area contributed by atoms with Gasteiger partial charge in [-0.25, -0.2) is 0 Å². The first-order valence-electron chi connectivity index (χ1n) is 12.3. The van der Waals surface area contributed by atoms with Gasteiger partial charge in [-0.05, 0) is 37.0 Å². The fourth-order valence-corrected chi connectivity index (χ4v) is 4.53. The van der Waals surface area contributed by atoms with Crippen molar-refractivity contribution in [1.29, 1.82) is 0 Å². The standard InChI is InChI=1S/C27H28F3N3O5/c1-38-22-9-5-8-19(27(28,29)30)18(22)15-33-21(12-13-23(33)34)25(36)32-20(14-16-6-3-2-4-7-16)24(35)26(37)31-17-10-11-17/h2-9,17,20-21H,10-15H2,1H3,(H,31,37)(H,32,36)/t20?,21-/m0/s1. The molecule has 4 rings (SSSR count). The topological polar surface area (TPSA) is 105 Å². The van der Waals surface area contributed by atoms with E-state index in [9.17, 15) is 32.3 Å². The second-order valence-electron chi connectivity index (χ2n) is 9.42. The molecular weight excluding hydrogens is 503 g/mol. The van der Waals surface area contributed by atoms with Gasteiger partial charge in [0.15, 0.2) is 0 Å². The number of rotatable bonds is 10. The van der Waals surface area contributed by atoms with E-state index < -0.39 is 53.9 Å². The van der Waals surface area contributed by atoms with E-state index in [0.29, 0.717) is 5.56 Å². The van der Waals surface area contributed by atoms with Crippen molar-refractivity contribution in [3.05, 3.63) is 65.2 Å². The highest BCUT2D eigenvalue weighted by Gasteiger charge is 2.41. The maximum absolute atomic E-state index is 13.7. The van der Waals surface area contributed by atoms with Crippen LogP contribution in [0.5, 0.6) is 5.75 Å². The van der Waals surface area contributed by atoms with E-state index >= 15 is 0 Å². The van der Waals surface area contributed by atoms with Gasteiger partial charge in [-0.2, -0.15) is 13.2 Å². The molecule has 11 heteroatoms. The number of nitrogens with one attached hydrogen (secondary N) is 2. The fraction of sp³-hybridized carbons (Fsp3) is 0.407. The molecule has 0 radical (unpaired) electrons. The quantitative estimate of drug-likeness (QED) is 0.459. The molecule has 202 valence electrons. The number of ketones is 1. The monoisotopic (exact) mass is 531 g/mol. The van der Waals surface area contributed by atoms with E-state index in [-0.39, 0.29) is 36.6 Å². The summed E-state index contributed by atoms with van der Waals surface area (Å²) in [5.74, 6) is -2.91. The molecule has 3 amide bonds. The second kappa shape index (κ2) is 11.2. The van der Waals surface area contributed by atoms with E-state index in [1.54, 1.807) is 30.3 Å². The van der Waals surface area contributed by atoms with Gasteiger partial charge in [-0.15, -0.1) is 0 Å². The number of nitrogens with zero attached hydrogens (tertiary/aromatic N) is 1. The molecule has 1 aliphatic carbocycles. The van der Waals surface area contributed by atoms with Crippen molar-refractivity contribution in [1.82, 2.24) is 15.5 Å². The number of hydrogen-bond acceptors (Lipinski definition) is 5.